The first-order chi connectivity index (χ1) is 13.6. The predicted octanol–water partition coefficient (Wildman–Crippen LogP) is 5.42. The molecule has 0 bridgehead atoms. The lowest BCUT2D eigenvalue weighted by Crippen LogP contribution is -2.05. The molecule has 4 nitrogen and oxygen atoms in total. The highest BCUT2D eigenvalue weighted by Crippen LogP contribution is 2.30. The quantitative estimate of drug-likeness (QED) is 0.315. The van der Waals surface area contributed by atoms with Gasteiger partial charge in [-0.2, -0.15) is 0 Å². The standard InChI is InChI=1S/C21H16FN3OS2/c1-14-4-10-17(11-5-14)25-20(19-3-2-12-27-19)23-24-21(25)28-13-18(26)15-6-8-16(22)9-7-15/h2-12H,13H2,1H3. The molecule has 2 heterocycles. The van der Waals surface area contributed by atoms with Crippen molar-refractivity contribution in [2.24, 2.45) is 0 Å². The van der Waals surface area contributed by atoms with Crippen LogP contribution in [-0.2, 0) is 0 Å². The van der Waals surface area contributed by atoms with Crippen LogP contribution < -0.4 is 0 Å². The van der Waals surface area contributed by atoms with E-state index in [0.29, 0.717) is 10.7 Å². The molecule has 0 aliphatic carbocycles. The number of hydrogen-bond donors (Lipinski definition) is 0. The van der Waals surface area contributed by atoms with Gasteiger partial charge < -0.3 is 0 Å². The molecular formula is C21H16FN3OS2. The summed E-state index contributed by atoms with van der Waals surface area (Å²) < 4.78 is 15.0. The van der Waals surface area contributed by atoms with E-state index < -0.39 is 0 Å². The zero-order chi connectivity index (χ0) is 19.5. The minimum atomic E-state index is -0.357. The molecular weight excluding hydrogens is 393 g/mol. The molecule has 0 aliphatic heterocycles. The molecule has 0 amide bonds. The Kier molecular flexibility index (Phi) is 5.36. The van der Waals surface area contributed by atoms with E-state index in [1.165, 1.54) is 36.0 Å². The average Bonchev–Trinajstić information content (AvgIpc) is 3.37. The number of aromatic nitrogens is 3. The van der Waals surface area contributed by atoms with Gasteiger partial charge in [-0.05, 0) is 54.8 Å². The van der Waals surface area contributed by atoms with Crippen LogP contribution in [0.1, 0.15) is 15.9 Å². The largest absolute Gasteiger partial charge is 0.293 e. The fourth-order valence-electron chi connectivity index (χ4n) is 2.70. The van der Waals surface area contributed by atoms with Crippen LogP contribution in [0, 0.1) is 12.7 Å². The van der Waals surface area contributed by atoms with Gasteiger partial charge in [0.25, 0.3) is 0 Å². The van der Waals surface area contributed by atoms with Gasteiger partial charge in [0.15, 0.2) is 16.8 Å². The van der Waals surface area contributed by atoms with Crippen molar-refractivity contribution >= 4 is 28.9 Å². The van der Waals surface area contributed by atoms with Crippen molar-refractivity contribution in [3.63, 3.8) is 0 Å². The van der Waals surface area contributed by atoms with Crippen LogP contribution in [0.15, 0.2) is 71.2 Å². The number of aryl methyl sites for hydroxylation is 1. The third-order valence-electron chi connectivity index (χ3n) is 4.17. The first-order valence-corrected chi connectivity index (χ1v) is 10.5. The Morgan fingerprint density at radius 1 is 1.07 bits per heavy atom. The maximum absolute atomic E-state index is 13.1. The molecule has 2 aromatic heterocycles. The van der Waals surface area contributed by atoms with E-state index in [1.807, 2.05) is 53.3 Å². The van der Waals surface area contributed by atoms with E-state index in [9.17, 15) is 9.18 Å². The minimum Gasteiger partial charge on any atom is -0.293 e. The fraction of sp³-hybridized carbons (Fsp3) is 0.0952. The topological polar surface area (TPSA) is 47.8 Å². The summed E-state index contributed by atoms with van der Waals surface area (Å²) >= 11 is 2.91. The molecule has 28 heavy (non-hydrogen) atoms. The number of halogens is 1. The van der Waals surface area contributed by atoms with Crippen LogP contribution in [0.5, 0.6) is 0 Å². The summed E-state index contributed by atoms with van der Waals surface area (Å²) in [6.07, 6.45) is 0. The van der Waals surface area contributed by atoms with Crippen LogP contribution in [0.25, 0.3) is 16.4 Å². The van der Waals surface area contributed by atoms with Gasteiger partial charge in [0.05, 0.1) is 10.6 Å². The number of carbonyl (C=O) groups is 1. The Bertz CT molecular complexity index is 1090. The number of Topliss-reactive ketones (excluding diaryl/α,β-unsaturated/α-hetero) is 1. The molecule has 0 spiro atoms. The number of nitrogens with zero attached hydrogens (tertiary/aromatic N) is 3. The number of carbonyl (C=O) groups excluding carboxylic acids is 1. The monoisotopic (exact) mass is 409 g/mol. The van der Waals surface area contributed by atoms with Crippen molar-refractivity contribution < 1.29 is 9.18 Å². The van der Waals surface area contributed by atoms with Gasteiger partial charge >= 0.3 is 0 Å². The maximum Gasteiger partial charge on any atom is 0.196 e. The summed E-state index contributed by atoms with van der Waals surface area (Å²) in [6, 6.07) is 17.7. The number of hydrogen-bond acceptors (Lipinski definition) is 5. The lowest BCUT2D eigenvalue weighted by atomic mass is 10.1. The summed E-state index contributed by atoms with van der Waals surface area (Å²) in [5.74, 6) is 0.501. The van der Waals surface area contributed by atoms with E-state index in [0.717, 1.165) is 22.0 Å². The highest BCUT2D eigenvalue weighted by Gasteiger charge is 2.18. The van der Waals surface area contributed by atoms with Crippen LogP contribution in [0.4, 0.5) is 4.39 Å². The summed E-state index contributed by atoms with van der Waals surface area (Å²) in [6.45, 7) is 2.03. The molecule has 7 heteroatoms. The lowest BCUT2D eigenvalue weighted by Gasteiger charge is -2.10. The molecule has 4 rings (SSSR count). The van der Waals surface area contributed by atoms with Gasteiger partial charge in [-0.3, -0.25) is 9.36 Å². The molecule has 0 aliphatic rings. The van der Waals surface area contributed by atoms with Gasteiger partial charge in [-0.1, -0.05) is 35.5 Å². The molecule has 0 atom stereocenters. The zero-order valence-electron chi connectivity index (χ0n) is 15.0. The van der Waals surface area contributed by atoms with Crippen molar-refractivity contribution in [3.8, 4) is 16.4 Å². The zero-order valence-corrected chi connectivity index (χ0v) is 16.6. The lowest BCUT2D eigenvalue weighted by molar-refractivity contribution is 0.102. The molecule has 0 radical (unpaired) electrons. The van der Waals surface area contributed by atoms with E-state index in [2.05, 4.69) is 10.2 Å². The summed E-state index contributed by atoms with van der Waals surface area (Å²) in [5, 5.41) is 11.3. The Morgan fingerprint density at radius 3 is 2.50 bits per heavy atom. The van der Waals surface area contributed by atoms with Crippen molar-refractivity contribution in [1.82, 2.24) is 14.8 Å². The number of benzene rings is 2. The Hall–Kier alpha value is -2.77. The van der Waals surface area contributed by atoms with Crippen LogP contribution in [0.2, 0.25) is 0 Å². The SMILES string of the molecule is Cc1ccc(-n2c(SCC(=O)c3ccc(F)cc3)nnc2-c2cccs2)cc1. The second-order valence-electron chi connectivity index (χ2n) is 6.17. The van der Waals surface area contributed by atoms with Gasteiger partial charge in [-0.15, -0.1) is 21.5 Å². The highest BCUT2D eigenvalue weighted by molar-refractivity contribution is 7.99. The van der Waals surface area contributed by atoms with Crippen LogP contribution >= 0.6 is 23.1 Å². The molecule has 0 fully saturated rings. The Labute approximate surface area is 170 Å². The second-order valence-corrected chi connectivity index (χ2v) is 8.06. The minimum absolute atomic E-state index is 0.0823. The molecule has 0 saturated carbocycles. The van der Waals surface area contributed by atoms with Gasteiger partial charge in [0, 0.05) is 11.3 Å². The van der Waals surface area contributed by atoms with Gasteiger partial charge in [0.2, 0.25) is 0 Å². The van der Waals surface area contributed by atoms with E-state index >= 15 is 0 Å². The molecule has 0 saturated heterocycles. The molecule has 4 aromatic rings. The van der Waals surface area contributed by atoms with E-state index in [-0.39, 0.29) is 17.4 Å². The van der Waals surface area contributed by atoms with Crippen LogP contribution in [-0.4, -0.2) is 26.3 Å². The number of thioether (sulfide) groups is 1. The molecule has 140 valence electrons. The Balaban J connectivity index is 1.64. The Morgan fingerprint density at radius 2 is 1.82 bits per heavy atom. The highest BCUT2D eigenvalue weighted by atomic mass is 32.2. The number of rotatable bonds is 6. The molecule has 0 N–H and O–H groups in total. The normalized spacial score (nSPS) is 10.9. The van der Waals surface area contributed by atoms with Gasteiger partial charge in [0.1, 0.15) is 5.82 Å². The first kappa shape index (κ1) is 18.6. The number of ketones is 1. The summed E-state index contributed by atoms with van der Waals surface area (Å²) in [7, 11) is 0. The molecule has 2 aromatic carbocycles. The molecule has 0 unspecified atom stereocenters. The second kappa shape index (κ2) is 8.08. The van der Waals surface area contributed by atoms with Gasteiger partial charge in [-0.25, -0.2) is 4.39 Å². The third-order valence-corrected chi connectivity index (χ3v) is 5.96. The fourth-order valence-corrected chi connectivity index (χ4v) is 4.25. The smallest absolute Gasteiger partial charge is 0.196 e. The van der Waals surface area contributed by atoms with E-state index in [1.54, 1.807) is 11.3 Å². The van der Waals surface area contributed by atoms with Crippen molar-refractivity contribution in [2.75, 3.05) is 5.75 Å². The van der Waals surface area contributed by atoms with Crippen molar-refractivity contribution in [3.05, 3.63) is 83.0 Å². The predicted molar refractivity (Wildman–Crippen MR) is 111 cm³/mol. The third kappa shape index (κ3) is 3.90. The van der Waals surface area contributed by atoms with Crippen molar-refractivity contribution in [2.45, 2.75) is 12.1 Å². The summed E-state index contributed by atoms with van der Waals surface area (Å²) in [4.78, 5) is 13.5. The average molecular weight is 410 g/mol. The van der Waals surface area contributed by atoms with Crippen LogP contribution in [0.3, 0.4) is 0 Å². The number of thiophene rings is 1. The van der Waals surface area contributed by atoms with E-state index in [4.69, 9.17) is 0 Å². The van der Waals surface area contributed by atoms with Crippen molar-refractivity contribution in [1.29, 1.82) is 0 Å². The first-order valence-electron chi connectivity index (χ1n) is 8.60. The summed E-state index contributed by atoms with van der Waals surface area (Å²) in [5.41, 5.74) is 2.58. The maximum atomic E-state index is 13.1.